The lowest BCUT2D eigenvalue weighted by Gasteiger charge is -2.60. The number of halogens is 3. The van der Waals surface area contributed by atoms with Gasteiger partial charge in [-0.3, -0.25) is 4.68 Å². The minimum Gasteiger partial charge on any atom is -0.376 e. The van der Waals surface area contributed by atoms with Gasteiger partial charge in [0.2, 0.25) is 0 Å². The summed E-state index contributed by atoms with van der Waals surface area (Å²) in [5.41, 5.74) is -1.35. The lowest BCUT2D eigenvalue weighted by Crippen LogP contribution is -2.73. The van der Waals surface area contributed by atoms with Crippen molar-refractivity contribution in [2.75, 3.05) is 39.3 Å². The third kappa shape index (κ3) is 3.94. The van der Waals surface area contributed by atoms with E-state index in [2.05, 4.69) is 23.8 Å². The number of sulfonamides is 1. The van der Waals surface area contributed by atoms with Crippen LogP contribution < -0.4 is 0 Å². The monoisotopic (exact) mass is 436 g/mol. The number of hydrogen-bond donors (Lipinski definition) is 0. The van der Waals surface area contributed by atoms with Crippen molar-refractivity contribution in [2.24, 2.45) is 18.4 Å². The van der Waals surface area contributed by atoms with Crippen molar-refractivity contribution in [2.45, 2.75) is 43.5 Å². The molecule has 3 aliphatic rings. The van der Waals surface area contributed by atoms with Crippen molar-refractivity contribution in [3.05, 3.63) is 11.8 Å². The van der Waals surface area contributed by atoms with Crippen molar-refractivity contribution < 1.29 is 26.3 Å². The van der Waals surface area contributed by atoms with Gasteiger partial charge in [0.1, 0.15) is 0 Å². The molecule has 0 bridgehead atoms. The van der Waals surface area contributed by atoms with Crippen LogP contribution in [0.1, 0.15) is 32.4 Å². The second kappa shape index (κ2) is 6.66. The van der Waals surface area contributed by atoms with Gasteiger partial charge in [0, 0.05) is 57.9 Å². The van der Waals surface area contributed by atoms with Gasteiger partial charge in [-0.1, -0.05) is 0 Å². The highest BCUT2D eigenvalue weighted by atomic mass is 32.2. The highest BCUT2D eigenvalue weighted by Gasteiger charge is 2.56. The standard InChI is InChI=1S/C18H27F3N4O3S/c1-16(2)7-13(4-5-28-16)8-24-9-17(10-24)11-25(12-17)29(26,27)15-6-14(18(19,20)21)22-23(15)3/h6,13H,4-5,7-12H2,1-3H3/t13-/m1/s1. The highest BCUT2D eigenvalue weighted by Crippen LogP contribution is 2.43. The first-order valence-corrected chi connectivity index (χ1v) is 11.2. The van der Waals surface area contributed by atoms with Gasteiger partial charge in [0.25, 0.3) is 10.0 Å². The number of hydrogen-bond acceptors (Lipinski definition) is 5. The molecule has 0 aromatic carbocycles. The zero-order valence-corrected chi connectivity index (χ0v) is 17.7. The first-order valence-electron chi connectivity index (χ1n) is 9.78. The summed E-state index contributed by atoms with van der Waals surface area (Å²) in [5.74, 6) is 0.575. The van der Waals surface area contributed by atoms with Crippen LogP contribution in [0.15, 0.2) is 11.1 Å². The summed E-state index contributed by atoms with van der Waals surface area (Å²) in [7, 11) is -2.76. The zero-order chi connectivity index (χ0) is 21.2. The van der Waals surface area contributed by atoms with E-state index in [4.69, 9.17) is 4.74 Å². The molecule has 0 aliphatic carbocycles. The predicted molar refractivity (Wildman–Crippen MR) is 98.6 cm³/mol. The van der Waals surface area contributed by atoms with Gasteiger partial charge >= 0.3 is 6.18 Å². The normalized spacial score (nSPS) is 27.6. The fourth-order valence-electron chi connectivity index (χ4n) is 4.94. The van der Waals surface area contributed by atoms with Crippen LogP contribution in [0.3, 0.4) is 0 Å². The predicted octanol–water partition coefficient (Wildman–Crippen LogP) is 1.95. The molecule has 164 valence electrons. The van der Waals surface area contributed by atoms with E-state index in [1.54, 1.807) is 0 Å². The fourth-order valence-corrected chi connectivity index (χ4v) is 6.73. The average Bonchev–Trinajstić information content (AvgIpc) is 2.90. The first-order chi connectivity index (χ1) is 13.3. The molecule has 11 heteroatoms. The summed E-state index contributed by atoms with van der Waals surface area (Å²) < 4.78 is 71.8. The van der Waals surface area contributed by atoms with Gasteiger partial charge in [-0.15, -0.1) is 0 Å². The van der Waals surface area contributed by atoms with Crippen molar-refractivity contribution in [3.63, 3.8) is 0 Å². The maximum absolute atomic E-state index is 12.8. The second-order valence-electron chi connectivity index (χ2n) is 9.40. The van der Waals surface area contributed by atoms with Crippen molar-refractivity contribution in [1.29, 1.82) is 0 Å². The summed E-state index contributed by atoms with van der Waals surface area (Å²) in [5, 5.41) is 2.90. The van der Waals surface area contributed by atoms with E-state index in [0.717, 1.165) is 43.8 Å². The molecule has 3 aliphatic heterocycles. The van der Waals surface area contributed by atoms with E-state index in [1.165, 1.54) is 11.4 Å². The van der Waals surface area contributed by atoms with E-state index < -0.39 is 26.9 Å². The molecular formula is C18H27F3N4O3S. The lowest BCUT2D eigenvalue weighted by atomic mass is 9.73. The number of aryl methyl sites for hydroxylation is 1. The Bertz CT molecular complexity index is 883. The Morgan fingerprint density at radius 3 is 2.45 bits per heavy atom. The second-order valence-corrected chi connectivity index (χ2v) is 11.3. The largest absolute Gasteiger partial charge is 0.435 e. The minimum atomic E-state index is -4.67. The highest BCUT2D eigenvalue weighted by molar-refractivity contribution is 7.89. The molecule has 4 rings (SSSR count). The first kappa shape index (κ1) is 21.1. The summed E-state index contributed by atoms with van der Waals surface area (Å²) in [6.07, 6.45) is -2.62. The summed E-state index contributed by atoms with van der Waals surface area (Å²) >= 11 is 0. The minimum absolute atomic E-state index is 0.0702. The van der Waals surface area contributed by atoms with E-state index in [9.17, 15) is 21.6 Å². The van der Waals surface area contributed by atoms with Gasteiger partial charge < -0.3 is 9.64 Å². The van der Waals surface area contributed by atoms with Crippen LogP contribution in [-0.4, -0.2) is 72.3 Å². The quantitative estimate of drug-likeness (QED) is 0.722. The van der Waals surface area contributed by atoms with Crippen LogP contribution in [0.4, 0.5) is 13.2 Å². The van der Waals surface area contributed by atoms with Crippen LogP contribution >= 0.6 is 0 Å². The Morgan fingerprint density at radius 1 is 1.24 bits per heavy atom. The van der Waals surface area contributed by atoms with Gasteiger partial charge in [-0.05, 0) is 32.6 Å². The lowest BCUT2D eigenvalue weighted by molar-refractivity contribution is -0.141. The third-order valence-corrected chi connectivity index (χ3v) is 8.04. The molecular weight excluding hydrogens is 409 g/mol. The van der Waals surface area contributed by atoms with Gasteiger partial charge in [0.05, 0.1) is 5.60 Å². The number of aromatic nitrogens is 2. The topological polar surface area (TPSA) is 67.7 Å². The number of alkyl halides is 3. The molecule has 3 fully saturated rings. The number of likely N-dealkylation sites (tertiary alicyclic amines) is 1. The molecule has 4 heterocycles. The van der Waals surface area contributed by atoms with Crippen LogP contribution in [0.25, 0.3) is 0 Å². The van der Waals surface area contributed by atoms with Crippen molar-refractivity contribution in [3.8, 4) is 0 Å². The SMILES string of the molecule is Cn1nc(C(F)(F)F)cc1S(=O)(=O)N1CC2(CN(C[C@@H]3CCOC(C)(C)C3)C2)C1. The molecule has 0 N–H and O–H groups in total. The van der Waals surface area contributed by atoms with Gasteiger partial charge in [0.15, 0.2) is 10.7 Å². The maximum atomic E-state index is 12.8. The number of nitrogens with zero attached hydrogens (tertiary/aromatic N) is 4. The molecule has 0 unspecified atom stereocenters. The fraction of sp³-hybridized carbons (Fsp3) is 0.833. The molecule has 29 heavy (non-hydrogen) atoms. The van der Waals surface area contributed by atoms with E-state index in [-0.39, 0.29) is 11.0 Å². The molecule has 1 atom stereocenters. The molecule has 0 amide bonds. The Morgan fingerprint density at radius 2 is 1.90 bits per heavy atom. The van der Waals surface area contributed by atoms with Gasteiger partial charge in [-0.25, -0.2) is 8.42 Å². The van der Waals surface area contributed by atoms with Crippen LogP contribution in [0, 0.1) is 11.3 Å². The molecule has 1 aromatic rings. The number of rotatable bonds is 4. The third-order valence-electron chi connectivity index (χ3n) is 6.19. The average molecular weight is 437 g/mol. The van der Waals surface area contributed by atoms with Crippen molar-refractivity contribution in [1.82, 2.24) is 19.0 Å². The molecule has 3 saturated heterocycles. The Balaban J connectivity index is 1.33. The van der Waals surface area contributed by atoms with Crippen LogP contribution in [-0.2, 0) is 28.0 Å². The number of ether oxygens (including phenoxy) is 1. The smallest absolute Gasteiger partial charge is 0.376 e. The maximum Gasteiger partial charge on any atom is 0.435 e. The van der Waals surface area contributed by atoms with Gasteiger partial charge in [-0.2, -0.15) is 22.6 Å². The summed E-state index contributed by atoms with van der Waals surface area (Å²) in [4.78, 5) is 2.35. The Kier molecular flexibility index (Phi) is 4.84. The molecule has 0 radical (unpaired) electrons. The Labute approximate surface area is 168 Å². The van der Waals surface area contributed by atoms with E-state index in [1.807, 2.05) is 0 Å². The molecule has 7 nitrogen and oxygen atoms in total. The summed E-state index contributed by atoms with van der Waals surface area (Å²) in [6.45, 7) is 8.31. The Hall–Kier alpha value is -1.17. The molecule has 1 spiro atoms. The zero-order valence-electron chi connectivity index (χ0n) is 16.9. The van der Waals surface area contributed by atoms with E-state index >= 15 is 0 Å². The van der Waals surface area contributed by atoms with Crippen LogP contribution in [0.5, 0.6) is 0 Å². The molecule has 0 saturated carbocycles. The van der Waals surface area contributed by atoms with Crippen LogP contribution in [0.2, 0.25) is 0 Å². The van der Waals surface area contributed by atoms with Crippen molar-refractivity contribution >= 4 is 10.0 Å². The summed E-state index contributed by atoms with van der Waals surface area (Å²) in [6, 6.07) is 0.611. The van der Waals surface area contributed by atoms with E-state index in [0.29, 0.717) is 25.1 Å². The molecule has 1 aromatic heterocycles.